The third-order valence-electron chi connectivity index (χ3n) is 5.30. The zero-order chi connectivity index (χ0) is 24.5. The zero-order valence-corrected chi connectivity index (χ0v) is 19.7. The first kappa shape index (κ1) is 24.2. The molecule has 35 heavy (non-hydrogen) atoms. The molecule has 3 aromatic rings. The number of carbonyl (C=O) groups excluding carboxylic acids is 1. The molecule has 178 valence electrons. The molecule has 1 atom stereocenters. The number of benzene rings is 2. The highest BCUT2D eigenvalue weighted by atomic mass is 32.2. The highest BCUT2D eigenvalue weighted by Gasteiger charge is 2.21. The van der Waals surface area contributed by atoms with Crippen molar-refractivity contribution in [3.63, 3.8) is 0 Å². The molecule has 0 aliphatic carbocycles. The molecule has 2 N–H and O–H groups in total. The predicted octanol–water partition coefficient (Wildman–Crippen LogP) is 2.76. The molecule has 0 saturated carbocycles. The Bertz CT molecular complexity index is 1210. The van der Waals surface area contributed by atoms with Gasteiger partial charge in [-0.2, -0.15) is 5.26 Å². The van der Waals surface area contributed by atoms with E-state index < -0.39 is 11.2 Å². The maximum absolute atomic E-state index is 13.1. The van der Waals surface area contributed by atoms with Crippen molar-refractivity contribution in [3.8, 4) is 6.19 Å². The number of hydrogen-bond acceptors (Lipinski definition) is 6. The van der Waals surface area contributed by atoms with Crippen LogP contribution in [0.5, 0.6) is 0 Å². The van der Waals surface area contributed by atoms with E-state index in [0.29, 0.717) is 54.2 Å². The first-order chi connectivity index (χ1) is 17.1. The molecule has 0 radical (unpaired) electrons. The summed E-state index contributed by atoms with van der Waals surface area (Å²) in [5.74, 6) is 0.233. The number of hydrogen-bond donors (Lipinski definition) is 2. The molecule has 4 rings (SSSR count). The van der Waals surface area contributed by atoms with Gasteiger partial charge < -0.3 is 24.8 Å². The molecule has 1 aliphatic heterocycles. The van der Waals surface area contributed by atoms with Gasteiger partial charge in [-0.3, -0.25) is 9.78 Å². The van der Waals surface area contributed by atoms with Crippen molar-refractivity contribution < 1.29 is 14.1 Å². The molecule has 1 fully saturated rings. The lowest BCUT2D eigenvalue weighted by Crippen LogP contribution is -2.40. The smallest absolute Gasteiger partial charge is 0.254 e. The number of aliphatic imine (C=N–C) groups is 1. The van der Waals surface area contributed by atoms with Gasteiger partial charge in [0.25, 0.3) is 5.91 Å². The lowest BCUT2D eigenvalue weighted by Gasteiger charge is -2.27. The van der Waals surface area contributed by atoms with E-state index in [1.165, 1.54) is 0 Å². The van der Waals surface area contributed by atoms with Gasteiger partial charge >= 0.3 is 0 Å². The van der Waals surface area contributed by atoms with Crippen LogP contribution in [-0.4, -0.2) is 52.6 Å². The summed E-state index contributed by atoms with van der Waals surface area (Å²) in [6.45, 7) is 2.58. The molecule has 2 heterocycles. The van der Waals surface area contributed by atoms with Gasteiger partial charge in [-0.15, -0.1) is 4.99 Å². The van der Waals surface area contributed by atoms with Crippen molar-refractivity contribution in [3.05, 3.63) is 84.2 Å². The number of aromatic nitrogens is 1. The van der Waals surface area contributed by atoms with Crippen LogP contribution in [0.25, 0.3) is 0 Å². The normalized spacial score (nSPS) is 14.6. The van der Waals surface area contributed by atoms with Crippen LogP contribution >= 0.6 is 0 Å². The summed E-state index contributed by atoms with van der Waals surface area (Å²) in [6.07, 6.45) is 5.05. The first-order valence-electron chi connectivity index (χ1n) is 11.0. The van der Waals surface area contributed by atoms with Crippen LogP contribution in [0.2, 0.25) is 0 Å². The highest BCUT2D eigenvalue weighted by molar-refractivity contribution is 7.91. The number of pyridine rings is 1. The van der Waals surface area contributed by atoms with Gasteiger partial charge in [-0.05, 0) is 42.0 Å². The van der Waals surface area contributed by atoms with Crippen molar-refractivity contribution in [1.82, 2.24) is 15.2 Å². The second-order valence-electron chi connectivity index (χ2n) is 7.62. The van der Waals surface area contributed by atoms with E-state index in [1.54, 1.807) is 72.0 Å². The number of morpholine rings is 1. The molecule has 1 aromatic heterocycles. The quantitative estimate of drug-likeness (QED) is 0.236. The Morgan fingerprint density at radius 3 is 2.57 bits per heavy atom. The minimum Gasteiger partial charge on any atom is -0.606 e. The van der Waals surface area contributed by atoms with Gasteiger partial charge in [-0.1, -0.05) is 18.2 Å². The molecule has 1 aliphatic rings. The fourth-order valence-electron chi connectivity index (χ4n) is 3.48. The van der Waals surface area contributed by atoms with Gasteiger partial charge in [0.15, 0.2) is 9.79 Å². The lowest BCUT2D eigenvalue weighted by molar-refractivity contribution is 0.0302. The average molecular weight is 489 g/mol. The van der Waals surface area contributed by atoms with Crippen LogP contribution in [0.3, 0.4) is 0 Å². The van der Waals surface area contributed by atoms with Crippen LogP contribution in [0.4, 0.5) is 5.69 Å². The molecule has 2 aromatic carbocycles. The zero-order valence-electron chi connectivity index (χ0n) is 18.9. The number of nitrogens with zero attached hydrogens (tertiary/aromatic N) is 4. The van der Waals surface area contributed by atoms with Gasteiger partial charge in [-0.25, -0.2) is 0 Å². The number of nitrogens with one attached hydrogen (secondary N) is 2. The van der Waals surface area contributed by atoms with Crippen molar-refractivity contribution >= 4 is 28.7 Å². The number of amides is 1. The molecule has 0 bridgehead atoms. The molecule has 9 nitrogen and oxygen atoms in total. The fourth-order valence-corrected chi connectivity index (χ4v) is 4.57. The van der Waals surface area contributed by atoms with Crippen LogP contribution in [0, 0.1) is 11.5 Å². The molecule has 1 amide bonds. The molecule has 10 heteroatoms. The van der Waals surface area contributed by atoms with Crippen LogP contribution in [-0.2, 0) is 22.5 Å². The van der Waals surface area contributed by atoms with E-state index in [0.717, 1.165) is 11.3 Å². The summed E-state index contributed by atoms with van der Waals surface area (Å²) in [5, 5.41) is 15.1. The van der Waals surface area contributed by atoms with E-state index in [2.05, 4.69) is 20.6 Å². The van der Waals surface area contributed by atoms with Crippen molar-refractivity contribution in [2.24, 2.45) is 4.99 Å². The molecule has 1 unspecified atom stereocenters. The summed E-state index contributed by atoms with van der Waals surface area (Å²) in [7, 11) is 0. The van der Waals surface area contributed by atoms with E-state index in [4.69, 9.17) is 10.00 Å². The van der Waals surface area contributed by atoms with Crippen molar-refractivity contribution in [1.29, 1.82) is 5.26 Å². The summed E-state index contributed by atoms with van der Waals surface area (Å²) in [5.41, 5.74) is 2.19. The van der Waals surface area contributed by atoms with Gasteiger partial charge in [0.1, 0.15) is 0 Å². The standard InChI is InChI=1S/C25H24N6O3S/c26-18-29-25(30-21-8-10-27-11-9-21)28-17-19-4-6-22(7-5-19)35(33)23-3-1-2-20(16-23)24(32)31-12-14-34-15-13-31/h1-11,16H,12-15,17H2,(H2,27,28,29,30). The second kappa shape index (κ2) is 12.0. The van der Waals surface area contributed by atoms with Crippen molar-refractivity contribution in [2.45, 2.75) is 16.3 Å². The van der Waals surface area contributed by atoms with Gasteiger partial charge in [0.2, 0.25) is 12.2 Å². The summed E-state index contributed by atoms with van der Waals surface area (Å²) in [4.78, 5) is 23.4. The molecule has 1 saturated heterocycles. The van der Waals surface area contributed by atoms with Crippen molar-refractivity contribution in [2.75, 3.05) is 31.6 Å². The Labute approximate surface area is 206 Å². The number of ether oxygens (including phenoxy) is 1. The Kier molecular flexibility index (Phi) is 8.30. The van der Waals surface area contributed by atoms with Gasteiger partial charge in [0, 0.05) is 60.5 Å². The van der Waals surface area contributed by atoms with E-state index in [1.807, 2.05) is 12.1 Å². The second-order valence-corrected chi connectivity index (χ2v) is 9.10. The third kappa shape index (κ3) is 6.58. The van der Waals surface area contributed by atoms with Crippen LogP contribution in [0.15, 0.2) is 87.8 Å². The summed E-state index contributed by atoms with van der Waals surface area (Å²) in [6, 6.07) is 17.8. The first-order valence-corrected chi connectivity index (χ1v) is 12.1. The third-order valence-corrected chi connectivity index (χ3v) is 6.68. The predicted molar refractivity (Wildman–Crippen MR) is 132 cm³/mol. The van der Waals surface area contributed by atoms with E-state index in [-0.39, 0.29) is 5.91 Å². The number of anilines is 1. The Hall–Kier alpha value is -3.91. The fraction of sp³-hybridized carbons (Fsp3) is 0.200. The number of guanidine groups is 1. The lowest BCUT2D eigenvalue weighted by atomic mass is 10.2. The number of rotatable bonds is 6. The average Bonchev–Trinajstić information content (AvgIpc) is 2.92. The maximum atomic E-state index is 13.1. The highest BCUT2D eigenvalue weighted by Crippen LogP contribution is 2.23. The monoisotopic (exact) mass is 488 g/mol. The Morgan fingerprint density at radius 2 is 1.86 bits per heavy atom. The van der Waals surface area contributed by atoms with E-state index in [9.17, 15) is 9.35 Å². The van der Waals surface area contributed by atoms with E-state index >= 15 is 0 Å². The van der Waals surface area contributed by atoms with Gasteiger partial charge in [0.05, 0.1) is 13.2 Å². The largest absolute Gasteiger partial charge is 0.606 e. The number of nitriles is 1. The molecule has 0 spiro atoms. The Morgan fingerprint density at radius 1 is 1.11 bits per heavy atom. The maximum Gasteiger partial charge on any atom is 0.254 e. The number of carbonyl (C=O) groups is 1. The minimum absolute atomic E-state index is 0.0798. The minimum atomic E-state index is -1.43. The van der Waals surface area contributed by atoms with Crippen LogP contribution < -0.4 is 10.6 Å². The SMILES string of the molecule is N#CN=C(NCc1ccc([S+]([O-])c2cccc(C(=O)N3CCOCC3)c2)cc1)Nc1ccncc1. The Balaban J connectivity index is 1.39. The topological polar surface area (TPSA) is 126 Å². The molecular weight excluding hydrogens is 464 g/mol. The molecular formula is C25H24N6O3S. The summed E-state index contributed by atoms with van der Waals surface area (Å²) < 4.78 is 18.5. The summed E-state index contributed by atoms with van der Waals surface area (Å²) >= 11 is -1.43. The van der Waals surface area contributed by atoms with Crippen LogP contribution in [0.1, 0.15) is 15.9 Å².